The van der Waals surface area contributed by atoms with Crippen molar-refractivity contribution in [1.82, 2.24) is 10.6 Å². The van der Waals surface area contributed by atoms with Crippen LogP contribution in [0.15, 0.2) is 71.6 Å². The molecule has 3 atom stereocenters. The summed E-state index contributed by atoms with van der Waals surface area (Å²) in [6.07, 6.45) is -10.2. The van der Waals surface area contributed by atoms with Crippen LogP contribution in [0.5, 0.6) is 0 Å². The summed E-state index contributed by atoms with van der Waals surface area (Å²) >= 11 is 0. The maximum absolute atomic E-state index is 14.7. The van der Waals surface area contributed by atoms with Gasteiger partial charge in [0, 0.05) is 19.1 Å². The zero-order valence-electron chi connectivity index (χ0n) is 25.0. The molecule has 0 radical (unpaired) electrons. The molecule has 3 rings (SSSR count). The smallest absolute Gasteiger partial charge is 0.339 e. The summed E-state index contributed by atoms with van der Waals surface area (Å²) in [7, 11) is -3.47. The Bertz CT molecular complexity index is 1680. The molecule has 0 fully saturated rings. The Morgan fingerprint density at radius 3 is 1.85 bits per heavy atom. The molecule has 3 aromatic carbocycles. The minimum absolute atomic E-state index is 0. The normalized spacial score (nSPS) is 14.3. The number of halogens is 9. The van der Waals surface area contributed by atoms with Crippen LogP contribution in [0.2, 0.25) is 0 Å². The Morgan fingerprint density at radius 2 is 1.43 bits per heavy atom. The topological polar surface area (TPSA) is 99.1 Å². The van der Waals surface area contributed by atoms with Gasteiger partial charge in [0.1, 0.15) is 23.6 Å². The fourth-order valence-electron chi connectivity index (χ4n) is 4.57. The maximum Gasteiger partial charge on any atom is 0.416 e. The molecule has 0 saturated heterocycles. The second-order valence-corrected chi connectivity index (χ2v) is 13.2. The molecule has 0 aromatic heterocycles. The molecule has 0 aliphatic carbocycles. The highest BCUT2D eigenvalue weighted by molar-refractivity contribution is 7.90. The molecule has 0 heterocycles. The fraction of sp³-hybridized carbons (Fsp3) is 0.355. The van der Waals surface area contributed by atoms with E-state index in [4.69, 9.17) is 0 Å². The lowest BCUT2D eigenvalue weighted by molar-refractivity contribution is -0.161. The predicted octanol–water partition coefficient (Wildman–Crippen LogP) is 7.29. The lowest BCUT2D eigenvalue weighted by Gasteiger charge is -2.30. The van der Waals surface area contributed by atoms with Gasteiger partial charge in [-0.1, -0.05) is 42.5 Å². The van der Waals surface area contributed by atoms with Crippen LogP contribution in [0.3, 0.4) is 0 Å². The van der Waals surface area contributed by atoms with Crippen LogP contribution >= 0.6 is 12.4 Å². The summed E-state index contributed by atoms with van der Waals surface area (Å²) in [6, 6.07) is 7.89. The first-order valence-electron chi connectivity index (χ1n) is 13.6. The van der Waals surface area contributed by atoms with Crippen molar-refractivity contribution >= 4 is 28.2 Å². The number of hydrogen-bond acceptors (Lipinski definition) is 5. The summed E-state index contributed by atoms with van der Waals surface area (Å²) in [4.78, 5) is 13.2. The molecule has 0 unspecified atom stereocenters. The predicted molar refractivity (Wildman–Crippen MR) is 160 cm³/mol. The van der Waals surface area contributed by atoms with Crippen molar-refractivity contribution in [3.8, 4) is 17.2 Å². The number of nitrogens with one attached hydrogen (secondary N) is 2. The third-order valence-corrected chi connectivity index (χ3v) is 7.97. The first-order chi connectivity index (χ1) is 21.1. The average molecular weight is 712 g/mol. The molecular formula is C31H30ClF8N3O3S. The van der Waals surface area contributed by atoms with E-state index in [2.05, 4.69) is 10.6 Å². The maximum atomic E-state index is 14.7. The van der Waals surface area contributed by atoms with Gasteiger partial charge in [-0.15, -0.1) is 12.4 Å². The number of carbonyl (C=O) groups is 1. The SMILES string of the molecule is CC(C)(F)C[C@H](N[C@@H](c1ccc(-c2ccc(S(C)(=O)=O)cc2)cc1)C(F)(F)F)C(=O)N[C@H](C#N)Cc1ccc(C(F)(F)F)cc1F.Cl. The van der Waals surface area contributed by atoms with E-state index < -0.39 is 76.1 Å². The first-order valence-corrected chi connectivity index (χ1v) is 15.5. The van der Waals surface area contributed by atoms with E-state index >= 15 is 0 Å². The molecule has 1 amide bonds. The monoisotopic (exact) mass is 711 g/mol. The number of sulfone groups is 1. The van der Waals surface area contributed by atoms with Gasteiger partial charge in [0.15, 0.2) is 9.84 Å². The van der Waals surface area contributed by atoms with Gasteiger partial charge < -0.3 is 5.32 Å². The quantitative estimate of drug-likeness (QED) is 0.204. The second-order valence-electron chi connectivity index (χ2n) is 11.2. The first kappa shape index (κ1) is 39.4. The van der Waals surface area contributed by atoms with Crippen LogP contribution < -0.4 is 10.6 Å². The average Bonchev–Trinajstić information content (AvgIpc) is 2.93. The van der Waals surface area contributed by atoms with E-state index in [0.29, 0.717) is 17.2 Å². The number of rotatable bonds is 11. The van der Waals surface area contributed by atoms with E-state index in [1.54, 1.807) is 6.07 Å². The lowest BCUT2D eigenvalue weighted by Crippen LogP contribution is -2.53. The Balaban J connectivity index is 0.00000768. The van der Waals surface area contributed by atoms with Crippen molar-refractivity contribution in [1.29, 1.82) is 5.26 Å². The fourth-order valence-corrected chi connectivity index (χ4v) is 5.20. The Kier molecular flexibility index (Phi) is 12.6. The van der Waals surface area contributed by atoms with Crippen molar-refractivity contribution in [3.63, 3.8) is 0 Å². The van der Waals surface area contributed by atoms with Gasteiger partial charge in [-0.05, 0) is 60.4 Å². The molecule has 3 aromatic rings. The second kappa shape index (κ2) is 15.0. The number of amides is 1. The van der Waals surface area contributed by atoms with E-state index in [9.17, 15) is 53.6 Å². The number of alkyl halides is 7. The van der Waals surface area contributed by atoms with E-state index in [1.807, 2.05) is 0 Å². The third-order valence-electron chi connectivity index (χ3n) is 6.84. The van der Waals surface area contributed by atoms with Crippen LogP contribution in [0.25, 0.3) is 11.1 Å². The molecular weight excluding hydrogens is 682 g/mol. The molecule has 0 bridgehead atoms. The zero-order valence-corrected chi connectivity index (χ0v) is 26.6. The van der Waals surface area contributed by atoms with E-state index in [0.717, 1.165) is 38.3 Å². The van der Waals surface area contributed by atoms with E-state index in [-0.39, 0.29) is 34.5 Å². The van der Waals surface area contributed by atoms with Crippen LogP contribution in [-0.4, -0.2) is 44.5 Å². The highest BCUT2D eigenvalue weighted by Crippen LogP contribution is 2.35. The summed E-state index contributed by atoms with van der Waals surface area (Å²) in [6.45, 7) is 2.06. The molecule has 6 nitrogen and oxygen atoms in total. The summed E-state index contributed by atoms with van der Waals surface area (Å²) in [5.41, 5.74) is -3.20. The molecule has 0 aliphatic rings. The standard InChI is InChI=1S/C31H29F8N3O3S.ClH/c1-29(2,33)16-26(28(43)41-23(17-40)14-21-8-11-22(15-25(21)32)30(34,35)36)42-27(31(37,38)39)20-6-4-18(5-7-20)19-9-12-24(13-10-19)46(3,44)45;/h4-13,15,23,26-27,42H,14,16H2,1-3H3,(H,41,43);1H/t23-,26-,27-;/m0./s1. The minimum atomic E-state index is -4.99. The summed E-state index contributed by atoms with van der Waals surface area (Å²) < 4.78 is 134. The Morgan fingerprint density at radius 1 is 0.894 bits per heavy atom. The number of hydrogen-bond donors (Lipinski definition) is 2. The number of nitriles is 1. The van der Waals surface area contributed by atoms with Gasteiger partial charge in [-0.3, -0.25) is 10.1 Å². The highest BCUT2D eigenvalue weighted by Gasteiger charge is 2.44. The zero-order chi connectivity index (χ0) is 34.7. The van der Waals surface area contributed by atoms with Gasteiger partial charge in [-0.25, -0.2) is 17.2 Å². The van der Waals surface area contributed by atoms with Gasteiger partial charge >= 0.3 is 12.4 Å². The van der Waals surface area contributed by atoms with Crippen LogP contribution in [0.1, 0.15) is 43.0 Å². The summed E-state index contributed by atoms with van der Waals surface area (Å²) in [5.74, 6) is -2.53. The van der Waals surface area contributed by atoms with Crippen LogP contribution in [-0.2, 0) is 27.2 Å². The molecule has 0 aliphatic heterocycles. The van der Waals surface area contributed by atoms with Crippen LogP contribution in [0.4, 0.5) is 35.1 Å². The number of carbonyl (C=O) groups excluding carboxylic acids is 1. The lowest BCUT2D eigenvalue weighted by atomic mass is 9.96. The molecule has 256 valence electrons. The molecule has 47 heavy (non-hydrogen) atoms. The molecule has 16 heteroatoms. The van der Waals surface area contributed by atoms with E-state index in [1.165, 1.54) is 36.4 Å². The Labute approximate surface area is 272 Å². The van der Waals surface area contributed by atoms with Crippen molar-refractivity contribution in [2.45, 2.75) is 67.7 Å². The van der Waals surface area contributed by atoms with Crippen molar-refractivity contribution < 1.29 is 48.3 Å². The summed E-state index contributed by atoms with van der Waals surface area (Å²) in [5, 5.41) is 13.8. The van der Waals surface area contributed by atoms with Crippen molar-refractivity contribution in [3.05, 3.63) is 89.2 Å². The van der Waals surface area contributed by atoms with Crippen LogP contribution in [0, 0.1) is 17.1 Å². The van der Waals surface area contributed by atoms with Gasteiger partial charge in [-0.2, -0.15) is 31.6 Å². The van der Waals surface area contributed by atoms with Gasteiger partial charge in [0.05, 0.1) is 22.6 Å². The third kappa shape index (κ3) is 11.2. The highest BCUT2D eigenvalue weighted by atomic mass is 35.5. The Hall–Kier alpha value is -3.74. The number of benzene rings is 3. The molecule has 2 N–H and O–H groups in total. The number of nitrogens with zero attached hydrogens (tertiary/aromatic N) is 1. The van der Waals surface area contributed by atoms with Crippen molar-refractivity contribution in [2.24, 2.45) is 0 Å². The minimum Gasteiger partial charge on any atom is -0.339 e. The molecule has 0 spiro atoms. The molecule has 0 saturated carbocycles. The largest absolute Gasteiger partial charge is 0.416 e. The van der Waals surface area contributed by atoms with Gasteiger partial charge in [0.2, 0.25) is 5.91 Å². The van der Waals surface area contributed by atoms with Crippen molar-refractivity contribution in [2.75, 3.05) is 6.26 Å². The van der Waals surface area contributed by atoms with Gasteiger partial charge in [0.25, 0.3) is 0 Å².